The third kappa shape index (κ3) is 8.15. The van der Waals surface area contributed by atoms with Crippen molar-refractivity contribution in [2.24, 2.45) is 4.99 Å². The van der Waals surface area contributed by atoms with Gasteiger partial charge in [-0.1, -0.05) is 42.0 Å². The Hall–Kier alpha value is -1.08. The normalized spacial score (nSPS) is 15.9. The molecule has 5 heteroatoms. The van der Waals surface area contributed by atoms with Gasteiger partial charge in [-0.15, -0.1) is 24.0 Å². The molecular weight excluding hydrogens is 413 g/mol. The number of aliphatic imine (C=N–C) groups is 1. The number of hydrogen-bond donors (Lipinski definition) is 2. The molecule has 0 aliphatic carbocycles. The third-order valence-corrected chi connectivity index (χ3v) is 4.11. The van der Waals surface area contributed by atoms with Crippen LogP contribution in [0.15, 0.2) is 47.0 Å². The van der Waals surface area contributed by atoms with Crippen LogP contribution < -0.4 is 10.6 Å². The summed E-state index contributed by atoms with van der Waals surface area (Å²) in [7, 11) is 1.83. The first-order valence-corrected chi connectivity index (χ1v) is 8.54. The van der Waals surface area contributed by atoms with Gasteiger partial charge in [0.1, 0.15) is 0 Å². The van der Waals surface area contributed by atoms with Gasteiger partial charge in [-0.2, -0.15) is 0 Å². The van der Waals surface area contributed by atoms with Gasteiger partial charge < -0.3 is 15.4 Å². The van der Waals surface area contributed by atoms with Gasteiger partial charge in [-0.25, -0.2) is 0 Å². The average molecular weight is 443 g/mol. The highest BCUT2D eigenvalue weighted by Crippen LogP contribution is 2.10. The lowest BCUT2D eigenvalue weighted by Gasteiger charge is -2.19. The molecule has 1 aromatic carbocycles. The Morgan fingerprint density at radius 3 is 2.71 bits per heavy atom. The van der Waals surface area contributed by atoms with E-state index in [1.54, 1.807) is 0 Å². The molecule has 1 aromatic rings. The van der Waals surface area contributed by atoms with Gasteiger partial charge in [0.2, 0.25) is 0 Å². The number of nitrogens with one attached hydrogen (secondary N) is 2. The number of nitrogens with zero attached hydrogens (tertiary/aromatic N) is 1. The van der Waals surface area contributed by atoms with Gasteiger partial charge in [0, 0.05) is 19.6 Å². The van der Waals surface area contributed by atoms with Crippen molar-refractivity contribution < 1.29 is 4.74 Å². The second kappa shape index (κ2) is 12.3. The second-order valence-electron chi connectivity index (χ2n) is 6.01. The average Bonchev–Trinajstić information content (AvgIpc) is 2.61. The fourth-order valence-corrected chi connectivity index (χ4v) is 2.66. The molecule has 1 unspecified atom stereocenters. The molecule has 0 radical (unpaired) electrons. The summed E-state index contributed by atoms with van der Waals surface area (Å²) in [5.74, 6) is 0.887. The first kappa shape index (κ1) is 21.0. The number of ether oxygens (including phenoxy) is 1. The first-order valence-electron chi connectivity index (χ1n) is 8.54. The minimum absolute atomic E-state index is 0. The van der Waals surface area contributed by atoms with E-state index in [4.69, 9.17) is 4.74 Å². The summed E-state index contributed by atoms with van der Waals surface area (Å²) in [6.45, 7) is 4.74. The summed E-state index contributed by atoms with van der Waals surface area (Å²) in [5.41, 5.74) is 2.87. The van der Waals surface area contributed by atoms with Gasteiger partial charge in [-0.3, -0.25) is 4.99 Å². The molecule has 0 aromatic heterocycles. The Morgan fingerprint density at radius 1 is 1.25 bits per heavy atom. The molecule has 24 heavy (non-hydrogen) atoms. The van der Waals surface area contributed by atoms with E-state index in [9.17, 15) is 0 Å². The lowest BCUT2D eigenvalue weighted by molar-refractivity contribution is 0.153. The zero-order valence-corrected chi connectivity index (χ0v) is 17.1. The zero-order valence-electron chi connectivity index (χ0n) is 14.8. The fraction of sp³-hybridized carbons (Fsp3) is 0.526. The van der Waals surface area contributed by atoms with Crippen molar-refractivity contribution in [1.82, 2.24) is 10.6 Å². The second-order valence-corrected chi connectivity index (χ2v) is 6.01. The van der Waals surface area contributed by atoms with E-state index >= 15 is 0 Å². The Bertz CT molecular complexity index is 517. The van der Waals surface area contributed by atoms with Crippen molar-refractivity contribution in [3.63, 3.8) is 0 Å². The van der Waals surface area contributed by atoms with Crippen LogP contribution in [-0.2, 0) is 11.2 Å². The van der Waals surface area contributed by atoms with E-state index in [0.29, 0.717) is 6.04 Å². The Balaban J connectivity index is 0.00000288. The van der Waals surface area contributed by atoms with E-state index in [0.717, 1.165) is 51.4 Å². The number of hydrogen-bond acceptors (Lipinski definition) is 2. The molecule has 2 rings (SSSR count). The molecule has 1 aliphatic heterocycles. The molecule has 1 atom stereocenters. The summed E-state index contributed by atoms with van der Waals surface area (Å²) in [5, 5.41) is 6.87. The van der Waals surface area contributed by atoms with Crippen LogP contribution in [0, 0.1) is 0 Å². The van der Waals surface area contributed by atoms with Gasteiger partial charge in [0.05, 0.1) is 13.2 Å². The summed E-state index contributed by atoms with van der Waals surface area (Å²) >= 11 is 0. The molecule has 0 saturated heterocycles. The van der Waals surface area contributed by atoms with Crippen LogP contribution in [0.2, 0.25) is 0 Å². The van der Waals surface area contributed by atoms with Crippen LogP contribution in [0.5, 0.6) is 0 Å². The molecule has 0 saturated carbocycles. The predicted molar refractivity (Wildman–Crippen MR) is 112 cm³/mol. The Labute approximate surface area is 163 Å². The molecule has 0 amide bonds. The minimum atomic E-state index is 0. The highest BCUT2D eigenvalue weighted by Gasteiger charge is 2.07. The molecule has 4 nitrogen and oxygen atoms in total. The number of rotatable bonds is 7. The van der Waals surface area contributed by atoms with Crippen molar-refractivity contribution in [1.29, 1.82) is 0 Å². The number of aryl methyl sites for hydroxylation is 1. The van der Waals surface area contributed by atoms with Gasteiger partial charge in [-0.05, 0) is 38.2 Å². The molecular formula is C19H30IN3O. The quantitative estimate of drug-likeness (QED) is 0.294. The van der Waals surface area contributed by atoms with Crippen molar-refractivity contribution in [3.05, 3.63) is 47.5 Å². The topological polar surface area (TPSA) is 45.7 Å². The van der Waals surface area contributed by atoms with Crippen LogP contribution in [-0.4, -0.2) is 38.8 Å². The van der Waals surface area contributed by atoms with Crippen LogP contribution in [0.4, 0.5) is 0 Å². The largest absolute Gasteiger partial charge is 0.377 e. The van der Waals surface area contributed by atoms with Gasteiger partial charge >= 0.3 is 0 Å². The molecule has 1 heterocycles. The zero-order chi connectivity index (χ0) is 16.3. The summed E-state index contributed by atoms with van der Waals surface area (Å²) < 4.78 is 5.33. The first-order chi connectivity index (χ1) is 11.3. The highest BCUT2D eigenvalue weighted by atomic mass is 127. The standard InChI is InChI=1S/C19H29N3O.HI/c1-16(8-9-17-6-4-3-5-7-17)22-19(20-2)21-13-10-18-11-14-23-15-12-18;/h3-7,11,16H,8-10,12-15H2,1-2H3,(H2,20,21,22);1H. The van der Waals surface area contributed by atoms with Crippen molar-refractivity contribution in [3.8, 4) is 0 Å². The lowest BCUT2D eigenvalue weighted by atomic mass is 10.1. The molecule has 2 N–H and O–H groups in total. The minimum Gasteiger partial charge on any atom is -0.377 e. The number of guanidine groups is 1. The van der Waals surface area contributed by atoms with E-state index in [1.165, 1.54) is 11.1 Å². The molecule has 0 bridgehead atoms. The van der Waals surface area contributed by atoms with Crippen molar-refractivity contribution in [2.75, 3.05) is 26.8 Å². The van der Waals surface area contributed by atoms with E-state index in [-0.39, 0.29) is 24.0 Å². The van der Waals surface area contributed by atoms with Gasteiger partial charge in [0.25, 0.3) is 0 Å². The van der Waals surface area contributed by atoms with Crippen LogP contribution >= 0.6 is 24.0 Å². The van der Waals surface area contributed by atoms with Crippen LogP contribution in [0.1, 0.15) is 31.7 Å². The summed E-state index contributed by atoms with van der Waals surface area (Å²) in [6, 6.07) is 11.0. The fourth-order valence-electron chi connectivity index (χ4n) is 2.66. The van der Waals surface area contributed by atoms with Crippen LogP contribution in [0.25, 0.3) is 0 Å². The van der Waals surface area contributed by atoms with Crippen LogP contribution in [0.3, 0.4) is 0 Å². The number of halogens is 1. The van der Waals surface area contributed by atoms with Gasteiger partial charge in [0.15, 0.2) is 5.96 Å². The third-order valence-electron chi connectivity index (χ3n) is 4.11. The molecule has 0 fully saturated rings. The maximum absolute atomic E-state index is 5.33. The van der Waals surface area contributed by atoms with Crippen molar-refractivity contribution in [2.45, 2.75) is 38.6 Å². The number of benzene rings is 1. The maximum Gasteiger partial charge on any atom is 0.191 e. The lowest BCUT2D eigenvalue weighted by Crippen LogP contribution is -2.42. The molecule has 1 aliphatic rings. The van der Waals surface area contributed by atoms with Crippen molar-refractivity contribution >= 4 is 29.9 Å². The highest BCUT2D eigenvalue weighted by molar-refractivity contribution is 14.0. The SMILES string of the molecule is CN=C(NCCC1=CCOCC1)NC(C)CCc1ccccc1.I. The van der Waals surface area contributed by atoms with E-state index in [2.05, 4.69) is 59.0 Å². The Morgan fingerprint density at radius 2 is 2.04 bits per heavy atom. The summed E-state index contributed by atoms with van der Waals surface area (Å²) in [6.07, 6.45) is 6.49. The maximum atomic E-state index is 5.33. The molecule has 134 valence electrons. The monoisotopic (exact) mass is 443 g/mol. The predicted octanol–water partition coefficient (Wildman–Crippen LogP) is 3.53. The van der Waals surface area contributed by atoms with E-state index in [1.807, 2.05) is 7.05 Å². The Kier molecular flexibility index (Phi) is 10.7. The van der Waals surface area contributed by atoms with E-state index < -0.39 is 0 Å². The molecule has 0 spiro atoms. The smallest absolute Gasteiger partial charge is 0.191 e. The summed E-state index contributed by atoms with van der Waals surface area (Å²) in [4.78, 5) is 4.32.